The zero-order chi connectivity index (χ0) is 25.2. The maximum absolute atomic E-state index is 15.0. The molecule has 3 aromatic carbocycles. The van der Waals surface area contributed by atoms with Gasteiger partial charge in [-0.1, -0.05) is 75.4 Å². The molecule has 1 atom stereocenters. The molecule has 0 radical (unpaired) electrons. The molecule has 1 amide bonds. The van der Waals surface area contributed by atoms with Crippen LogP contribution in [0.2, 0.25) is 0 Å². The van der Waals surface area contributed by atoms with Crippen LogP contribution < -0.4 is 5.56 Å². The van der Waals surface area contributed by atoms with E-state index in [9.17, 15) is 14.0 Å². The molecule has 1 unspecified atom stereocenters. The Balaban J connectivity index is 1.92. The van der Waals surface area contributed by atoms with Gasteiger partial charge in [-0.05, 0) is 42.2 Å². The number of aromatic nitrogens is 2. The summed E-state index contributed by atoms with van der Waals surface area (Å²) in [6.45, 7) is 8.23. The minimum atomic E-state index is -0.595. The molecule has 5 nitrogen and oxygen atoms in total. The molecule has 180 valence electrons. The Labute approximate surface area is 204 Å². The molecular formula is C29H30FN3O2. The van der Waals surface area contributed by atoms with Gasteiger partial charge in [-0.25, -0.2) is 9.37 Å². The molecule has 0 saturated heterocycles. The third kappa shape index (κ3) is 5.32. The van der Waals surface area contributed by atoms with Crippen LogP contribution in [0.15, 0.2) is 83.7 Å². The van der Waals surface area contributed by atoms with E-state index >= 15 is 0 Å². The van der Waals surface area contributed by atoms with Crippen LogP contribution in [0, 0.1) is 11.2 Å². The molecule has 0 N–H and O–H groups in total. The van der Waals surface area contributed by atoms with Gasteiger partial charge in [0, 0.05) is 13.0 Å². The summed E-state index contributed by atoms with van der Waals surface area (Å²) in [5.41, 5.74) is 0.983. The second-order valence-electron chi connectivity index (χ2n) is 10.00. The quantitative estimate of drug-likeness (QED) is 0.344. The second-order valence-corrected chi connectivity index (χ2v) is 10.00. The molecule has 0 aliphatic heterocycles. The number of fused-ring (bicyclic) bond motifs is 1. The van der Waals surface area contributed by atoms with Gasteiger partial charge >= 0.3 is 0 Å². The third-order valence-corrected chi connectivity index (χ3v) is 5.93. The summed E-state index contributed by atoms with van der Waals surface area (Å²) < 4.78 is 16.3. The topological polar surface area (TPSA) is 55.2 Å². The normalized spacial score (nSPS) is 12.5. The maximum Gasteiger partial charge on any atom is 0.266 e. The van der Waals surface area contributed by atoms with E-state index in [1.807, 2.05) is 64.1 Å². The van der Waals surface area contributed by atoms with Crippen LogP contribution in [-0.4, -0.2) is 20.4 Å². The Morgan fingerprint density at radius 2 is 1.60 bits per heavy atom. The van der Waals surface area contributed by atoms with Crippen LogP contribution in [0.25, 0.3) is 16.6 Å². The molecular weight excluding hydrogens is 441 g/mol. The Bertz CT molecular complexity index is 1410. The lowest BCUT2D eigenvalue weighted by Gasteiger charge is -2.33. The van der Waals surface area contributed by atoms with Crippen molar-refractivity contribution in [2.24, 2.45) is 5.41 Å². The summed E-state index contributed by atoms with van der Waals surface area (Å²) in [7, 11) is 0. The van der Waals surface area contributed by atoms with E-state index in [0.29, 0.717) is 29.7 Å². The number of para-hydroxylation sites is 2. The molecule has 4 rings (SSSR count). The molecule has 1 heterocycles. The van der Waals surface area contributed by atoms with Gasteiger partial charge in [-0.2, -0.15) is 0 Å². The lowest BCUT2D eigenvalue weighted by molar-refractivity contribution is -0.136. The molecule has 0 spiro atoms. The van der Waals surface area contributed by atoms with Crippen LogP contribution in [-0.2, 0) is 11.3 Å². The fourth-order valence-corrected chi connectivity index (χ4v) is 4.21. The molecule has 0 bridgehead atoms. The van der Waals surface area contributed by atoms with Gasteiger partial charge in [0.1, 0.15) is 11.6 Å². The first-order valence-corrected chi connectivity index (χ1v) is 11.8. The molecule has 0 fully saturated rings. The zero-order valence-electron chi connectivity index (χ0n) is 20.5. The number of carbonyl (C=O) groups excluding carboxylic acids is 1. The minimum absolute atomic E-state index is 0.0589. The van der Waals surface area contributed by atoms with Crippen molar-refractivity contribution in [3.63, 3.8) is 0 Å². The lowest BCUT2D eigenvalue weighted by Crippen LogP contribution is -2.38. The summed E-state index contributed by atoms with van der Waals surface area (Å²) in [5.74, 6) is -0.274. The number of benzene rings is 3. The number of nitrogens with zero attached hydrogens (tertiary/aromatic N) is 3. The van der Waals surface area contributed by atoms with Crippen molar-refractivity contribution in [1.29, 1.82) is 0 Å². The van der Waals surface area contributed by atoms with Gasteiger partial charge in [0.05, 0.1) is 22.6 Å². The lowest BCUT2D eigenvalue weighted by atomic mass is 9.91. The van der Waals surface area contributed by atoms with Crippen LogP contribution >= 0.6 is 0 Å². The predicted molar refractivity (Wildman–Crippen MR) is 137 cm³/mol. The first-order chi connectivity index (χ1) is 16.7. The molecule has 0 saturated carbocycles. The Morgan fingerprint density at radius 3 is 2.29 bits per heavy atom. The number of carbonyl (C=O) groups is 1. The van der Waals surface area contributed by atoms with Crippen LogP contribution in [0.1, 0.15) is 51.5 Å². The number of rotatable bonds is 6. The van der Waals surface area contributed by atoms with Crippen molar-refractivity contribution < 1.29 is 9.18 Å². The van der Waals surface area contributed by atoms with Crippen LogP contribution in [0.4, 0.5) is 4.39 Å². The molecule has 6 heteroatoms. The highest BCUT2D eigenvalue weighted by Crippen LogP contribution is 2.29. The van der Waals surface area contributed by atoms with Crippen molar-refractivity contribution in [1.82, 2.24) is 14.5 Å². The average molecular weight is 472 g/mol. The summed E-state index contributed by atoms with van der Waals surface area (Å²) in [4.78, 5) is 33.7. The van der Waals surface area contributed by atoms with Gasteiger partial charge in [0.25, 0.3) is 5.56 Å². The third-order valence-electron chi connectivity index (χ3n) is 5.93. The fraction of sp³-hybridized carbons (Fsp3) is 0.276. The summed E-state index contributed by atoms with van der Waals surface area (Å²) >= 11 is 0. The standard InChI is InChI=1S/C29H30FN3O2/c1-20(32(26(34)18-29(2,3)4)19-21-12-6-5-7-13-21)27-31-24-16-10-8-14-22(24)28(35)33(27)25-17-11-9-15-23(25)30/h5-17,20H,18-19H2,1-4H3. The highest BCUT2D eigenvalue weighted by atomic mass is 19.1. The highest BCUT2D eigenvalue weighted by Gasteiger charge is 2.30. The number of hydrogen-bond acceptors (Lipinski definition) is 3. The van der Waals surface area contributed by atoms with Gasteiger partial charge in [-0.15, -0.1) is 0 Å². The Morgan fingerprint density at radius 1 is 0.971 bits per heavy atom. The summed E-state index contributed by atoms with van der Waals surface area (Å²) in [5, 5.41) is 0.391. The number of halogens is 1. The first-order valence-electron chi connectivity index (χ1n) is 11.8. The summed E-state index contributed by atoms with van der Waals surface area (Å²) in [6, 6.07) is 22.3. The van der Waals surface area contributed by atoms with Crippen LogP contribution in [0.3, 0.4) is 0 Å². The number of hydrogen-bond donors (Lipinski definition) is 0. The van der Waals surface area contributed by atoms with Crippen molar-refractivity contribution in [2.45, 2.75) is 46.7 Å². The zero-order valence-corrected chi connectivity index (χ0v) is 20.5. The van der Waals surface area contributed by atoms with Gasteiger partial charge < -0.3 is 4.90 Å². The fourth-order valence-electron chi connectivity index (χ4n) is 4.21. The van der Waals surface area contributed by atoms with E-state index < -0.39 is 11.9 Å². The smallest absolute Gasteiger partial charge is 0.266 e. The highest BCUT2D eigenvalue weighted by molar-refractivity contribution is 5.79. The largest absolute Gasteiger partial charge is 0.328 e. The average Bonchev–Trinajstić information content (AvgIpc) is 2.82. The molecule has 0 aliphatic rings. The van der Waals surface area contributed by atoms with Crippen molar-refractivity contribution in [3.05, 3.63) is 106 Å². The number of amides is 1. The van der Waals surface area contributed by atoms with Crippen LogP contribution in [0.5, 0.6) is 0 Å². The second kappa shape index (κ2) is 9.82. The SMILES string of the molecule is CC(c1nc2ccccc2c(=O)n1-c1ccccc1F)N(Cc1ccccc1)C(=O)CC(C)(C)C. The van der Waals surface area contributed by atoms with E-state index in [2.05, 4.69) is 0 Å². The molecule has 35 heavy (non-hydrogen) atoms. The summed E-state index contributed by atoms with van der Waals surface area (Å²) in [6.07, 6.45) is 0.321. The first kappa shape index (κ1) is 24.3. The van der Waals surface area contributed by atoms with Gasteiger partial charge in [0.15, 0.2) is 0 Å². The van der Waals surface area contributed by atoms with E-state index in [-0.39, 0.29) is 22.6 Å². The molecule has 0 aliphatic carbocycles. The predicted octanol–water partition coefficient (Wildman–Crippen LogP) is 6.05. The van der Waals surface area contributed by atoms with Crippen molar-refractivity contribution >= 4 is 16.8 Å². The van der Waals surface area contributed by atoms with Gasteiger partial charge in [0.2, 0.25) is 5.91 Å². The monoisotopic (exact) mass is 471 g/mol. The Hall–Kier alpha value is -3.80. The molecule has 4 aromatic rings. The van der Waals surface area contributed by atoms with E-state index in [1.54, 1.807) is 41.3 Å². The molecule has 1 aromatic heterocycles. The van der Waals surface area contributed by atoms with E-state index in [1.165, 1.54) is 10.6 Å². The van der Waals surface area contributed by atoms with Crippen molar-refractivity contribution in [3.8, 4) is 5.69 Å². The van der Waals surface area contributed by atoms with E-state index in [0.717, 1.165) is 5.56 Å². The van der Waals surface area contributed by atoms with Crippen molar-refractivity contribution in [2.75, 3.05) is 0 Å². The minimum Gasteiger partial charge on any atom is -0.328 e. The Kier molecular flexibility index (Phi) is 6.83. The van der Waals surface area contributed by atoms with E-state index in [4.69, 9.17) is 4.98 Å². The maximum atomic E-state index is 15.0. The van der Waals surface area contributed by atoms with Gasteiger partial charge in [-0.3, -0.25) is 14.2 Å².